The maximum atomic E-state index is 12.9. The molecule has 0 aliphatic rings. The number of hydrogen-bond acceptors (Lipinski definition) is 2. The number of amides is 1. The van der Waals surface area contributed by atoms with Crippen LogP contribution in [0.3, 0.4) is 0 Å². The van der Waals surface area contributed by atoms with E-state index in [0.29, 0.717) is 6.54 Å². The number of likely N-dealkylation sites (N-methyl/N-ethyl adjacent to an activating group) is 1. The summed E-state index contributed by atoms with van der Waals surface area (Å²) in [6.45, 7) is 2.85. The number of halogens is 2. The van der Waals surface area contributed by atoms with E-state index in [4.69, 9.17) is 0 Å². The lowest BCUT2D eigenvalue weighted by molar-refractivity contribution is -0.122. The molecule has 0 spiro atoms. The Bertz CT molecular complexity index is 643. The molecule has 0 radical (unpaired) electrons. The van der Waals surface area contributed by atoms with E-state index in [0.717, 1.165) is 15.6 Å². The summed E-state index contributed by atoms with van der Waals surface area (Å²) in [7, 11) is 1.87. The van der Waals surface area contributed by atoms with Crippen molar-refractivity contribution in [2.24, 2.45) is 0 Å². The first-order valence-corrected chi connectivity index (χ1v) is 8.21. The van der Waals surface area contributed by atoms with Crippen LogP contribution in [0.15, 0.2) is 53.0 Å². The quantitative estimate of drug-likeness (QED) is 0.826. The number of nitrogens with one attached hydrogen (secondary N) is 1. The van der Waals surface area contributed by atoms with Crippen LogP contribution in [-0.2, 0) is 11.3 Å². The number of benzene rings is 2. The molecule has 0 aliphatic carbocycles. The van der Waals surface area contributed by atoms with E-state index in [1.165, 1.54) is 12.1 Å². The first kappa shape index (κ1) is 17.6. The lowest BCUT2D eigenvalue weighted by atomic mass is 10.1. The Morgan fingerprint density at radius 1 is 1.17 bits per heavy atom. The van der Waals surface area contributed by atoms with Gasteiger partial charge in [-0.25, -0.2) is 4.39 Å². The van der Waals surface area contributed by atoms with Gasteiger partial charge in [-0.2, -0.15) is 0 Å². The van der Waals surface area contributed by atoms with Crippen molar-refractivity contribution in [1.29, 1.82) is 0 Å². The van der Waals surface area contributed by atoms with E-state index in [1.807, 2.05) is 43.1 Å². The Labute approximate surface area is 144 Å². The van der Waals surface area contributed by atoms with Crippen LogP contribution in [0.1, 0.15) is 24.1 Å². The van der Waals surface area contributed by atoms with E-state index in [2.05, 4.69) is 21.2 Å². The molecule has 0 saturated carbocycles. The molecule has 3 nitrogen and oxygen atoms in total. The Kier molecular flexibility index (Phi) is 6.30. The second-order valence-electron chi connectivity index (χ2n) is 5.64. The highest BCUT2D eigenvalue weighted by Gasteiger charge is 2.12. The molecule has 1 amide bonds. The highest BCUT2D eigenvalue weighted by atomic mass is 79.9. The highest BCUT2D eigenvalue weighted by Crippen LogP contribution is 2.16. The first-order chi connectivity index (χ1) is 10.9. The molecule has 5 heteroatoms. The molecular weight excluding hydrogens is 359 g/mol. The van der Waals surface area contributed by atoms with Crippen LogP contribution in [0.5, 0.6) is 0 Å². The number of hydrogen-bond donors (Lipinski definition) is 1. The van der Waals surface area contributed by atoms with Crippen LogP contribution in [-0.4, -0.2) is 24.4 Å². The first-order valence-electron chi connectivity index (χ1n) is 7.42. The van der Waals surface area contributed by atoms with Gasteiger partial charge in [0.05, 0.1) is 12.6 Å². The van der Waals surface area contributed by atoms with Crippen LogP contribution in [0.2, 0.25) is 0 Å². The van der Waals surface area contributed by atoms with E-state index in [1.54, 1.807) is 12.1 Å². The summed E-state index contributed by atoms with van der Waals surface area (Å²) in [6.07, 6.45) is 0. The fraction of sp³-hybridized carbons (Fsp3) is 0.278. The zero-order valence-electron chi connectivity index (χ0n) is 13.2. The van der Waals surface area contributed by atoms with Crippen molar-refractivity contribution in [2.75, 3.05) is 13.6 Å². The molecular formula is C18H20BrFN2O. The molecule has 2 rings (SSSR count). The molecule has 0 bridgehead atoms. The predicted molar refractivity (Wildman–Crippen MR) is 93.4 cm³/mol. The van der Waals surface area contributed by atoms with E-state index in [-0.39, 0.29) is 24.3 Å². The standard InChI is InChI=1S/C18H20BrFN2O/c1-13(15-5-7-16(19)8-6-15)21-18(23)12-22(2)11-14-3-9-17(20)10-4-14/h3-10,13H,11-12H2,1-2H3,(H,21,23)/t13-/m0/s1. The Hall–Kier alpha value is -1.72. The highest BCUT2D eigenvalue weighted by molar-refractivity contribution is 9.10. The third kappa shape index (κ3) is 5.77. The Morgan fingerprint density at radius 2 is 1.78 bits per heavy atom. The maximum absolute atomic E-state index is 12.9. The average Bonchev–Trinajstić information content (AvgIpc) is 2.50. The lowest BCUT2D eigenvalue weighted by Gasteiger charge is -2.19. The van der Waals surface area contributed by atoms with Gasteiger partial charge in [-0.1, -0.05) is 40.2 Å². The summed E-state index contributed by atoms with van der Waals surface area (Å²) in [6, 6.07) is 14.2. The van der Waals surface area contributed by atoms with Crippen LogP contribution < -0.4 is 5.32 Å². The van der Waals surface area contributed by atoms with Gasteiger partial charge >= 0.3 is 0 Å². The molecule has 0 fully saturated rings. The summed E-state index contributed by atoms with van der Waals surface area (Å²) in [5.41, 5.74) is 2.03. The number of carbonyl (C=O) groups excluding carboxylic acids is 1. The molecule has 1 atom stereocenters. The summed E-state index contributed by atoms with van der Waals surface area (Å²) in [5, 5.41) is 2.99. The van der Waals surface area contributed by atoms with Gasteiger partial charge in [0.1, 0.15) is 5.82 Å². The lowest BCUT2D eigenvalue weighted by Crippen LogP contribution is -2.36. The van der Waals surface area contributed by atoms with E-state index < -0.39 is 0 Å². The summed E-state index contributed by atoms with van der Waals surface area (Å²) < 4.78 is 13.9. The van der Waals surface area contributed by atoms with Crippen molar-refractivity contribution in [2.45, 2.75) is 19.5 Å². The summed E-state index contributed by atoms with van der Waals surface area (Å²) >= 11 is 3.40. The molecule has 23 heavy (non-hydrogen) atoms. The van der Waals surface area contributed by atoms with Crippen LogP contribution >= 0.6 is 15.9 Å². The number of carbonyl (C=O) groups is 1. The second-order valence-corrected chi connectivity index (χ2v) is 6.56. The molecule has 122 valence electrons. The zero-order chi connectivity index (χ0) is 16.8. The third-order valence-corrected chi connectivity index (χ3v) is 4.06. The van der Waals surface area contributed by atoms with Gasteiger partial charge in [-0.15, -0.1) is 0 Å². The second kappa shape index (κ2) is 8.22. The average molecular weight is 379 g/mol. The van der Waals surface area contributed by atoms with Gasteiger partial charge in [-0.05, 0) is 49.4 Å². The SMILES string of the molecule is C[C@H](NC(=O)CN(C)Cc1ccc(F)cc1)c1ccc(Br)cc1. The summed E-state index contributed by atoms with van der Waals surface area (Å²) in [4.78, 5) is 14.0. The Morgan fingerprint density at radius 3 is 2.39 bits per heavy atom. The number of nitrogens with zero attached hydrogens (tertiary/aromatic N) is 1. The van der Waals surface area contributed by atoms with Crippen molar-refractivity contribution < 1.29 is 9.18 Å². The van der Waals surface area contributed by atoms with Crippen molar-refractivity contribution in [3.05, 3.63) is 69.9 Å². The molecule has 2 aromatic rings. The van der Waals surface area contributed by atoms with E-state index >= 15 is 0 Å². The molecule has 0 unspecified atom stereocenters. The minimum atomic E-state index is -0.252. The van der Waals surface area contributed by atoms with Crippen molar-refractivity contribution >= 4 is 21.8 Å². The smallest absolute Gasteiger partial charge is 0.234 e. The van der Waals surface area contributed by atoms with E-state index in [9.17, 15) is 9.18 Å². The van der Waals surface area contributed by atoms with Crippen molar-refractivity contribution in [3.8, 4) is 0 Å². The van der Waals surface area contributed by atoms with Gasteiger partial charge in [0.15, 0.2) is 0 Å². The zero-order valence-corrected chi connectivity index (χ0v) is 14.8. The fourth-order valence-electron chi connectivity index (χ4n) is 2.32. The molecule has 1 N–H and O–H groups in total. The predicted octanol–water partition coefficient (Wildman–Crippen LogP) is 3.90. The molecule has 0 aliphatic heterocycles. The van der Waals surface area contributed by atoms with Crippen LogP contribution in [0.25, 0.3) is 0 Å². The molecule has 2 aromatic carbocycles. The van der Waals surface area contributed by atoms with Gasteiger partial charge in [0.25, 0.3) is 0 Å². The molecule has 0 saturated heterocycles. The Balaban J connectivity index is 1.83. The van der Waals surface area contributed by atoms with Gasteiger partial charge in [0.2, 0.25) is 5.91 Å². The van der Waals surface area contributed by atoms with Crippen molar-refractivity contribution in [1.82, 2.24) is 10.2 Å². The monoisotopic (exact) mass is 378 g/mol. The van der Waals surface area contributed by atoms with Crippen molar-refractivity contribution in [3.63, 3.8) is 0 Å². The molecule has 0 aromatic heterocycles. The fourth-order valence-corrected chi connectivity index (χ4v) is 2.59. The normalized spacial score (nSPS) is 12.2. The maximum Gasteiger partial charge on any atom is 0.234 e. The molecule has 0 heterocycles. The third-order valence-electron chi connectivity index (χ3n) is 3.53. The van der Waals surface area contributed by atoms with Crippen LogP contribution in [0.4, 0.5) is 4.39 Å². The van der Waals surface area contributed by atoms with Gasteiger partial charge in [0, 0.05) is 11.0 Å². The minimum Gasteiger partial charge on any atom is -0.348 e. The largest absolute Gasteiger partial charge is 0.348 e. The van der Waals surface area contributed by atoms with Crippen LogP contribution in [0, 0.1) is 5.82 Å². The summed E-state index contributed by atoms with van der Waals surface area (Å²) in [5.74, 6) is -0.289. The number of rotatable bonds is 6. The van der Waals surface area contributed by atoms with Gasteiger partial charge < -0.3 is 5.32 Å². The minimum absolute atomic E-state index is 0.0370. The van der Waals surface area contributed by atoms with Gasteiger partial charge in [-0.3, -0.25) is 9.69 Å². The topological polar surface area (TPSA) is 32.3 Å².